The van der Waals surface area contributed by atoms with E-state index in [0.29, 0.717) is 0 Å². The average Bonchev–Trinajstić information content (AvgIpc) is 2.85. The van der Waals surface area contributed by atoms with Crippen molar-refractivity contribution < 1.29 is 0 Å². The van der Waals surface area contributed by atoms with Gasteiger partial charge >= 0.3 is 0 Å². The fraction of sp³-hybridized carbons (Fsp3) is 0.444. The number of nitrogens with zero attached hydrogens (tertiary/aromatic N) is 4. The highest BCUT2D eigenvalue weighted by Crippen LogP contribution is 2.24. The largest absolute Gasteiger partial charge is 0.348 e. The van der Waals surface area contributed by atoms with Crippen LogP contribution in [0.25, 0.3) is 0 Å². The predicted octanol–water partition coefficient (Wildman–Crippen LogP) is -0.227. The van der Waals surface area contributed by atoms with Crippen LogP contribution in [-0.4, -0.2) is 31.5 Å². The summed E-state index contributed by atoms with van der Waals surface area (Å²) in [6.45, 7) is 0.949. The zero-order chi connectivity index (χ0) is 10.3. The van der Waals surface area contributed by atoms with Crippen molar-refractivity contribution in [1.29, 1.82) is 0 Å². The number of aromatic nitrogens is 5. The third kappa shape index (κ3) is 1.25. The van der Waals surface area contributed by atoms with Crippen LogP contribution in [0, 0.1) is 0 Å². The maximum Gasteiger partial charge on any atom is 0.0956 e. The molecule has 1 unspecified atom stereocenters. The van der Waals surface area contributed by atoms with Gasteiger partial charge in [0.05, 0.1) is 30.0 Å². The third-order valence-electron chi connectivity index (χ3n) is 2.79. The Morgan fingerprint density at radius 3 is 3.27 bits per heavy atom. The van der Waals surface area contributed by atoms with E-state index in [2.05, 4.69) is 25.6 Å². The van der Waals surface area contributed by atoms with Crippen LogP contribution in [0.5, 0.6) is 0 Å². The molecule has 0 saturated carbocycles. The first kappa shape index (κ1) is 8.60. The third-order valence-corrected chi connectivity index (χ3v) is 2.79. The minimum absolute atomic E-state index is 0.111. The van der Waals surface area contributed by atoms with Crippen molar-refractivity contribution in [3.63, 3.8) is 0 Å². The van der Waals surface area contributed by atoms with Crippen LogP contribution in [0.15, 0.2) is 12.5 Å². The molecule has 0 aliphatic carbocycles. The van der Waals surface area contributed by atoms with Gasteiger partial charge in [0.15, 0.2) is 0 Å². The van der Waals surface area contributed by atoms with Crippen LogP contribution >= 0.6 is 0 Å². The van der Waals surface area contributed by atoms with Crippen LogP contribution in [0.2, 0.25) is 0 Å². The molecule has 1 atom stereocenters. The highest BCUT2D eigenvalue weighted by molar-refractivity contribution is 5.26. The standard InChI is InChI=1S/C9H12N6/c1-15-7(4-13-14-15)9-8-6(2-3-10-9)11-5-12-8/h4-5,9-10H,2-3H2,1H3,(H,11,12). The smallest absolute Gasteiger partial charge is 0.0956 e. The molecule has 0 spiro atoms. The van der Waals surface area contributed by atoms with Gasteiger partial charge < -0.3 is 10.3 Å². The Morgan fingerprint density at radius 1 is 1.53 bits per heavy atom. The number of fused-ring (bicyclic) bond motifs is 1. The molecule has 2 N–H and O–H groups in total. The van der Waals surface area contributed by atoms with E-state index in [1.54, 1.807) is 17.2 Å². The van der Waals surface area contributed by atoms with E-state index in [4.69, 9.17) is 0 Å². The first-order valence-corrected chi connectivity index (χ1v) is 4.96. The lowest BCUT2D eigenvalue weighted by Gasteiger charge is -2.22. The topological polar surface area (TPSA) is 71.4 Å². The van der Waals surface area contributed by atoms with Gasteiger partial charge in [0.2, 0.25) is 0 Å². The van der Waals surface area contributed by atoms with E-state index in [9.17, 15) is 0 Å². The zero-order valence-corrected chi connectivity index (χ0v) is 8.44. The molecule has 3 rings (SSSR count). The summed E-state index contributed by atoms with van der Waals surface area (Å²) in [5, 5.41) is 11.2. The van der Waals surface area contributed by atoms with Gasteiger partial charge in [-0.1, -0.05) is 5.21 Å². The Kier molecular flexibility index (Phi) is 1.81. The zero-order valence-electron chi connectivity index (χ0n) is 8.44. The van der Waals surface area contributed by atoms with Crippen molar-refractivity contribution in [2.45, 2.75) is 12.5 Å². The number of H-pyrrole nitrogens is 1. The van der Waals surface area contributed by atoms with Gasteiger partial charge in [-0.15, -0.1) is 5.10 Å². The summed E-state index contributed by atoms with van der Waals surface area (Å²) in [7, 11) is 1.89. The summed E-state index contributed by atoms with van der Waals surface area (Å²) in [5.41, 5.74) is 3.31. The van der Waals surface area contributed by atoms with Crippen LogP contribution in [0.3, 0.4) is 0 Å². The molecule has 2 aromatic rings. The highest BCUT2D eigenvalue weighted by Gasteiger charge is 2.25. The Balaban J connectivity index is 2.07. The predicted molar refractivity (Wildman–Crippen MR) is 53.1 cm³/mol. The van der Waals surface area contributed by atoms with Crippen LogP contribution in [0.1, 0.15) is 23.1 Å². The Hall–Kier alpha value is -1.69. The molecule has 78 valence electrons. The molecule has 15 heavy (non-hydrogen) atoms. The van der Waals surface area contributed by atoms with Gasteiger partial charge in [0, 0.05) is 25.7 Å². The molecule has 0 bridgehead atoms. The molecule has 0 aromatic carbocycles. The second-order valence-corrected chi connectivity index (χ2v) is 3.69. The van der Waals surface area contributed by atoms with Gasteiger partial charge in [-0.3, -0.25) is 4.68 Å². The first-order valence-electron chi connectivity index (χ1n) is 4.96. The monoisotopic (exact) mass is 204 g/mol. The summed E-state index contributed by atoms with van der Waals surface area (Å²) in [4.78, 5) is 7.52. The molecular formula is C9H12N6. The number of aryl methyl sites for hydroxylation is 1. The van der Waals surface area contributed by atoms with E-state index in [1.807, 2.05) is 7.05 Å². The van der Waals surface area contributed by atoms with Crippen LogP contribution < -0.4 is 5.32 Å². The molecule has 1 aliphatic rings. The minimum atomic E-state index is 0.111. The second kappa shape index (κ2) is 3.16. The van der Waals surface area contributed by atoms with Gasteiger partial charge in [-0.25, -0.2) is 4.98 Å². The fourth-order valence-corrected chi connectivity index (χ4v) is 2.02. The molecule has 6 heteroatoms. The van der Waals surface area contributed by atoms with Crippen molar-refractivity contribution in [1.82, 2.24) is 30.3 Å². The quantitative estimate of drug-likeness (QED) is 0.673. The molecule has 2 aromatic heterocycles. The summed E-state index contributed by atoms with van der Waals surface area (Å²) in [6, 6.07) is 0.111. The molecule has 0 saturated heterocycles. The summed E-state index contributed by atoms with van der Waals surface area (Å²) in [6.07, 6.45) is 4.52. The average molecular weight is 204 g/mol. The minimum Gasteiger partial charge on any atom is -0.348 e. The Morgan fingerprint density at radius 2 is 2.47 bits per heavy atom. The van der Waals surface area contributed by atoms with E-state index >= 15 is 0 Å². The molecule has 0 amide bonds. The van der Waals surface area contributed by atoms with Crippen LogP contribution in [-0.2, 0) is 13.5 Å². The maximum atomic E-state index is 4.35. The number of imidazole rings is 1. The summed E-state index contributed by atoms with van der Waals surface area (Å²) < 4.78 is 1.78. The number of hydrogen-bond acceptors (Lipinski definition) is 4. The van der Waals surface area contributed by atoms with E-state index < -0.39 is 0 Å². The van der Waals surface area contributed by atoms with Crippen LogP contribution in [0.4, 0.5) is 0 Å². The highest BCUT2D eigenvalue weighted by atomic mass is 15.4. The fourth-order valence-electron chi connectivity index (χ4n) is 2.02. The first-order chi connectivity index (χ1) is 7.36. The van der Waals surface area contributed by atoms with E-state index in [1.165, 1.54) is 5.69 Å². The normalized spacial score (nSPS) is 20.2. The lowest BCUT2D eigenvalue weighted by molar-refractivity contribution is 0.516. The lowest BCUT2D eigenvalue weighted by Crippen LogP contribution is -2.32. The molecule has 3 heterocycles. The lowest BCUT2D eigenvalue weighted by atomic mass is 10.0. The van der Waals surface area contributed by atoms with Crippen molar-refractivity contribution >= 4 is 0 Å². The summed E-state index contributed by atoms with van der Waals surface area (Å²) >= 11 is 0. The summed E-state index contributed by atoms with van der Waals surface area (Å²) in [5.74, 6) is 0. The number of rotatable bonds is 1. The van der Waals surface area contributed by atoms with Gasteiger partial charge in [0.1, 0.15) is 0 Å². The van der Waals surface area contributed by atoms with E-state index in [0.717, 1.165) is 24.4 Å². The molecule has 0 fully saturated rings. The van der Waals surface area contributed by atoms with Gasteiger partial charge in [-0.2, -0.15) is 0 Å². The number of aromatic amines is 1. The van der Waals surface area contributed by atoms with Crippen molar-refractivity contribution in [2.24, 2.45) is 7.05 Å². The van der Waals surface area contributed by atoms with Gasteiger partial charge in [0.25, 0.3) is 0 Å². The molecule has 0 radical (unpaired) electrons. The maximum absolute atomic E-state index is 4.35. The number of hydrogen-bond donors (Lipinski definition) is 2. The molecule has 1 aliphatic heterocycles. The van der Waals surface area contributed by atoms with E-state index in [-0.39, 0.29) is 6.04 Å². The Labute approximate surface area is 86.7 Å². The SMILES string of the molecule is Cn1nncc1C1NCCc2[nH]cnc21. The van der Waals surface area contributed by atoms with Gasteiger partial charge in [-0.05, 0) is 0 Å². The molecular weight excluding hydrogens is 192 g/mol. The second-order valence-electron chi connectivity index (χ2n) is 3.69. The van der Waals surface area contributed by atoms with Crippen molar-refractivity contribution in [3.8, 4) is 0 Å². The van der Waals surface area contributed by atoms with Crippen molar-refractivity contribution in [2.75, 3.05) is 6.54 Å². The van der Waals surface area contributed by atoms with Crippen molar-refractivity contribution in [3.05, 3.63) is 29.6 Å². The Bertz CT molecular complexity index is 470. The number of nitrogens with one attached hydrogen (secondary N) is 2. The molecule has 6 nitrogen and oxygen atoms in total.